The predicted molar refractivity (Wildman–Crippen MR) is 465 cm³/mol. The Balaban J connectivity index is 0.000000136. The van der Waals surface area contributed by atoms with E-state index in [4.69, 9.17) is 29.9 Å². The lowest BCUT2D eigenvalue weighted by atomic mass is 9.86. The molecule has 20 nitrogen and oxygen atoms in total. The Hall–Kier alpha value is -8.24. The van der Waals surface area contributed by atoms with Gasteiger partial charge in [0.25, 0.3) is 0 Å². The van der Waals surface area contributed by atoms with E-state index in [1.54, 1.807) is 0 Å². The van der Waals surface area contributed by atoms with E-state index < -0.39 is 0 Å². The average molecular weight is 1560 g/mol. The van der Waals surface area contributed by atoms with Crippen LogP contribution in [0.4, 0.5) is 17.8 Å². The summed E-state index contributed by atoms with van der Waals surface area (Å²) in [4.78, 5) is 46.6. The van der Waals surface area contributed by atoms with E-state index in [0.29, 0.717) is 53.8 Å². The van der Waals surface area contributed by atoms with Crippen molar-refractivity contribution in [3.63, 3.8) is 0 Å². The van der Waals surface area contributed by atoms with Crippen molar-refractivity contribution >= 4 is 50.9 Å². The average Bonchev–Trinajstić information content (AvgIpc) is 1.63. The summed E-state index contributed by atoms with van der Waals surface area (Å²) in [5, 5.41) is 44.6. The van der Waals surface area contributed by atoms with Crippen molar-refractivity contribution < 1.29 is 15.3 Å². The maximum Gasteiger partial charge on any atom is 0.225 e. The van der Waals surface area contributed by atoms with Crippen LogP contribution in [0.15, 0.2) is 122 Å². The number of anilines is 3. The summed E-state index contributed by atoms with van der Waals surface area (Å²) in [7, 11) is 0. The summed E-state index contributed by atoms with van der Waals surface area (Å²) in [6.45, 7) is 27.1. The number of hydrogen-bond donors (Lipinski definition) is 6. The van der Waals surface area contributed by atoms with Crippen LogP contribution >= 0.6 is 0 Å². The van der Waals surface area contributed by atoms with Crippen molar-refractivity contribution in [1.82, 2.24) is 68.3 Å². The highest BCUT2D eigenvalue weighted by atomic mass is 16.3. The zero-order chi connectivity index (χ0) is 79.5. The molecule has 20 heteroatoms. The zero-order valence-electron chi connectivity index (χ0n) is 70.2. The van der Waals surface area contributed by atoms with Gasteiger partial charge in [-0.05, 0) is 309 Å². The summed E-state index contributed by atoms with van der Waals surface area (Å²) < 4.78 is 7.26. The highest BCUT2D eigenvalue weighted by molar-refractivity contribution is 5.83. The van der Waals surface area contributed by atoms with Crippen LogP contribution in [0.3, 0.4) is 0 Å². The van der Waals surface area contributed by atoms with Crippen molar-refractivity contribution in [3.8, 4) is 0 Å². The van der Waals surface area contributed by atoms with Crippen LogP contribution in [0.5, 0.6) is 0 Å². The van der Waals surface area contributed by atoms with Crippen LogP contribution in [0.1, 0.15) is 298 Å². The fraction of sp³-hybridized carbons (Fsp3) is 0.579. The molecule has 7 aliphatic rings. The number of hydrogen-bond acceptors (Lipinski definition) is 17. The van der Waals surface area contributed by atoms with Crippen LogP contribution < -0.4 is 16.0 Å². The number of aromatic nitrogens is 11. The Bertz CT molecular complexity index is 4700. The molecule has 614 valence electrons. The summed E-state index contributed by atoms with van der Waals surface area (Å²) in [6.07, 6.45) is 40.5. The summed E-state index contributed by atoms with van der Waals surface area (Å²) in [6, 6.07) is 31.6. The molecule has 0 radical (unpaired) electrons. The number of nitrogens with zero attached hydrogens (tertiary/aromatic N) is 14. The van der Waals surface area contributed by atoms with E-state index >= 15 is 0 Å². The first-order chi connectivity index (χ1) is 55.9. The molecule has 3 saturated heterocycles. The molecule has 0 unspecified atom stereocenters. The smallest absolute Gasteiger partial charge is 0.225 e. The Labute approximate surface area is 683 Å². The van der Waals surface area contributed by atoms with Crippen molar-refractivity contribution in [2.24, 2.45) is 5.92 Å². The van der Waals surface area contributed by atoms with Crippen LogP contribution in [-0.2, 0) is 13.1 Å². The largest absolute Gasteiger partial charge is 0.393 e. The Morgan fingerprint density at radius 1 is 0.391 bits per heavy atom. The number of pyridine rings is 2. The first-order valence-electron chi connectivity index (χ1n) is 44.6. The van der Waals surface area contributed by atoms with Gasteiger partial charge < -0.3 is 49.9 Å². The molecule has 0 spiro atoms. The van der Waals surface area contributed by atoms with Gasteiger partial charge in [0.05, 0.1) is 30.4 Å². The number of aryl methyl sites for hydroxylation is 4. The van der Waals surface area contributed by atoms with Gasteiger partial charge in [-0.2, -0.15) is 15.0 Å². The number of fused-ring (bicyclic) bond motifs is 3. The fourth-order valence-electron chi connectivity index (χ4n) is 20.5. The number of piperidine rings is 3. The quantitative estimate of drug-likeness (QED) is 0.0371. The molecule has 2 aromatic carbocycles. The van der Waals surface area contributed by atoms with Gasteiger partial charge in [-0.1, -0.05) is 93.3 Å². The molecule has 7 fully saturated rings. The first-order valence-corrected chi connectivity index (χ1v) is 44.6. The number of benzene rings is 2. The molecule has 17 rings (SSSR count). The van der Waals surface area contributed by atoms with Crippen molar-refractivity contribution in [2.45, 2.75) is 301 Å². The Kier molecular flexibility index (Phi) is 27.4. The van der Waals surface area contributed by atoms with Gasteiger partial charge in [-0.3, -0.25) is 19.8 Å². The molecular weight excluding hydrogens is 1430 g/mol. The second kappa shape index (κ2) is 38.4. The molecule has 3 aliphatic heterocycles. The molecule has 10 aromatic rings. The van der Waals surface area contributed by atoms with Gasteiger partial charge >= 0.3 is 0 Å². The van der Waals surface area contributed by atoms with Crippen LogP contribution in [-0.4, -0.2) is 154 Å². The van der Waals surface area contributed by atoms with Crippen LogP contribution in [0.25, 0.3) is 33.1 Å². The molecule has 6 N–H and O–H groups in total. The van der Waals surface area contributed by atoms with Crippen molar-refractivity contribution in [3.05, 3.63) is 184 Å². The lowest BCUT2D eigenvalue weighted by Gasteiger charge is -2.35. The summed E-state index contributed by atoms with van der Waals surface area (Å²) in [5.74, 6) is 4.61. The molecule has 4 aliphatic carbocycles. The molecule has 0 bridgehead atoms. The maximum atomic E-state index is 10.2. The lowest BCUT2D eigenvalue weighted by Crippen LogP contribution is -2.37. The molecule has 115 heavy (non-hydrogen) atoms. The number of aliphatic hydroxyl groups is 3. The minimum atomic E-state index is -0.173. The van der Waals surface area contributed by atoms with Gasteiger partial charge in [-0.15, -0.1) is 0 Å². The predicted octanol–water partition coefficient (Wildman–Crippen LogP) is 19.2. The standard InChI is InChI=1S/C33H42N6O.C32H45N5O.C30H44N6O/c1-22-17-25(18-23(2)35-22)20-38-15-13-27(14-16-38)31-21-39(28-9-11-29(40)12-10-28)32-30(31)19-34-33(37-32)36-24(3)26-7-5-4-6-8-26;1-23(25-10-6-3-7-11-25)34-32-33-20-29-30(22-37(31(29)35-32)27-12-14-28(38)15-13-27)26-16-18-36(19-17-26)21-24-8-4-2-5-9-24;1-5-6-20(2)33-30-31-17-27-28(19-36(29(27)34-30)25-7-9-26(37)10-8-25)24-11-13-35(14-12-24)18-23-15-21(3)32-22(4)16-23/h4-8,17-19,21,24,27-29,40H,9-16,20H2,1-3H3,(H,34,36,37);3,6-7,10-11,20,22-24,26-28,38H,2,4-5,8-9,12-19,21H2,1H3,(H,33,34,35);15-17,19-20,24-26,37H,5-14,18H2,1-4H3,(H,31,33,34)/t24-,28?,29?;23-,27?,28?;20-,25?,26?/m000/s1. The maximum absolute atomic E-state index is 10.2. The molecule has 11 heterocycles. The molecule has 4 saturated carbocycles. The topological polar surface area (TPSA) is 224 Å². The van der Waals surface area contributed by atoms with Gasteiger partial charge in [-0.25, -0.2) is 15.0 Å². The van der Waals surface area contributed by atoms with E-state index in [-0.39, 0.29) is 30.4 Å². The molecule has 3 atom stereocenters. The normalized spacial score (nSPS) is 22.9. The van der Waals surface area contributed by atoms with Gasteiger partial charge in [0.1, 0.15) is 16.9 Å². The van der Waals surface area contributed by atoms with Gasteiger partial charge in [0, 0.05) is 120 Å². The minimum absolute atomic E-state index is 0.114. The number of likely N-dealkylation sites (tertiary alicyclic amines) is 3. The van der Waals surface area contributed by atoms with Gasteiger partial charge in [0.15, 0.2) is 0 Å². The number of rotatable bonds is 22. The van der Waals surface area contributed by atoms with E-state index in [1.807, 2.05) is 12.3 Å². The number of aliphatic hydroxyl groups excluding tert-OH is 3. The first kappa shape index (κ1) is 81.9. The Morgan fingerprint density at radius 2 is 0.722 bits per heavy atom. The SMILES string of the molecule is CCC[C@H](C)Nc1ncc2c(C3CCN(Cc4cc(C)nc(C)c4)CC3)cn(C3CCC(O)CC3)c2n1.C[C@H](Nc1ncc2c(C3CCN(CC4CCCCC4)CC3)cn(C3CCC(O)CC3)c2n1)c1ccccc1.Cc1cc(CN2CCC(c3cn(C4CCC(O)CC4)c4nc(N[C@@H](C)c5ccccc5)ncc34)CC2)cc(C)n1. The summed E-state index contributed by atoms with van der Waals surface area (Å²) in [5.41, 5.74) is 16.9. The van der Waals surface area contributed by atoms with Crippen LogP contribution in [0, 0.1) is 33.6 Å². The van der Waals surface area contributed by atoms with E-state index in [2.05, 4.69) is 220 Å². The molecule has 8 aromatic heterocycles. The zero-order valence-corrected chi connectivity index (χ0v) is 70.2. The van der Waals surface area contributed by atoms with Crippen LogP contribution in [0.2, 0.25) is 0 Å². The third kappa shape index (κ3) is 20.8. The minimum Gasteiger partial charge on any atom is -0.393 e. The second-order valence-electron chi connectivity index (χ2n) is 35.7. The van der Waals surface area contributed by atoms with E-state index in [1.165, 1.54) is 120 Å². The molecule has 0 amide bonds. The molecular formula is C95H131N17O3. The third-order valence-corrected chi connectivity index (χ3v) is 26.8. The highest BCUT2D eigenvalue weighted by Gasteiger charge is 2.34. The highest BCUT2D eigenvalue weighted by Crippen LogP contribution is 2.44. The van der Waals surface area contributed by atoms with E-state index in [9.17, 15) is 15.3 Å². The van der Waals surface area contributed by atoms with Gasteiger partial charge in [0.2, 0.25) is 17.8 Å². The van der Waals surface area contributed by atoms with Crippen molar-refractivity contribution in [2.75, 3.05) is 61.8 Å². The van der Waals surface area contributed by atoms with Crippen molar-refractivity contribution in [1.29, 1.82) is 0 Å². The third-order valence-electron chi connectivity index (χ3n) is 26.8. The number of nitrogens with one attached hydrogen (secondary N) is 3. The Morgan fingerprint density at radius 3 is 1.06 bits per heavy atom. The lowest BCUT2D eigenvalue weighted by molar-refractivity contribution is 0.111. The summed E-state index contributed by atoms with van der Waals surface area (Å²) >= 11 is 0. The monoisotopic (exact) mass is 1560 g/mol. The second-order valence-corrected chi connectivity index (χ2v) is 35.7. The van der Waals surface area contributed by atoms with E-state index in [0.717, 1.165) is 206 Å². The fourth-order valence-corrected chi connectivity index (χ4v) is 20.5.